The van der Waals surface area contributed by atoms with Crippen molar-refractivity contribution in [2.45, 2.75) is 25.0 Å². The van der Waals surface area contributed by atoms with Crippen LogP contribution in [0.3, 0.4) is 0 Å². The largest absolute Gasteiger partial charge is 0.460 e. The summed E-state index contributed by atoms with van der Waals surface area (Å²) in [5, 5.41) is 3.97. The van der Waals surface area contributed by atoms with E-state index in [9.17, 15) is 13.2 Å². The summed E-state index contributed by atoms with van der Waals surface area (Å²) in [6.45, 7) is 0.255. The Morgan fingerprint density at radius 3 is 2.64 bits per heavy atom. The molecule has 1 aromatic carbocycles. The Kier molecular flexibility index (Phi) is 5.30. The van der Waals surface area contributed by atoms with Crippen molar-refractivity contribution < 1.29 is 17.6 Å². The molecule has 1 aliphatic rings. The second-order valence-electron chi connectivity index (χ2n) is 5.75. The second-order valence-corrected chi connectivity index (χ2v) is 7.56. The summed E-state index contributed by atoms with van der Waals surface area (Å²) in [4.78, 5) is 11.1. The molecule has 132 valence electrons. The maximum Gasteiger partial charge on any atom is 0.240 e. The van der Waals surface area contributed by atoms with Crippen molar-refractivity contribution in [2.24, 2.45) is 5.10 Å². The molecule has 1 amide bonds. The maximum atomic E-state index is 12.1. The van der Waals surface area contributed by atoms with E-state index in [2.05, 4.69) is 15.2 Å². The normalized spacial score (nSPS) is 14.9. The van der Waals surface area contributed by atoms with E-state index in [0.717, 1.165) is 5.56 Å². The van der Waals surface area contributed by atoms with Crippen LogP contribution in [0.4, 0.5) is 0 Å². The predicted octanol–water partition coefficient (Wildman–Crippen LogP) is 1.56. The topological polar surface area (TPSA) is 101 Å². The number of carbonyl (C=O) groups excluding carboxylic acids is 1. The highest BCUT2D eigenvalue weighted by atomic mass is 32.2. The number of hydrogen-bond acceptors (Lipinski definition) is 5. The van der Waals surface area contributed by atoms with Crippen LogP contribution in [0.5, 0.6) is 0 Å². The SMILES string of the molecule is O=C1CCC(c2ccc(CCNS(=O)(=O)Cc3ccccc3)o2)=NN1. The van der Waals surface area contributed by atoms with Crippen LogP contribution in [0.15, 0.2) is 52.0 Å². The summed E-state index contributed by atoms with van der Waals surface area (Å²) >= 11 is 0. The third kappa shape index (κ3) is 5.01. The van der Waals surface area contributed by atoms with Crippen molar-refractivity contribution in [3.63, 3.8) is 0 Å². The number of benzene rings is 1. The van der Waals surface area contributed by atoms with Gasteiger partial charge in [0.25, 0.3) is 0 Å². The highest BCUT2D eigenvalue weighted by Gasteiger charge is 2.16. The van der Waals surface area contributed by atoms with E-state index in [1.54, 1.807) is 24.3 Å². The van der Waals surface area contributed by atoms with Crippen LogP contribution >= 0.6 is 0 Å². The molecule has 0 saturated carbocycles. The van der Waals surface area contributed by atoms with Crippen LogP contribution in [-0.2, 0) is 27.0 Å². The summed E-state index contributed by atoms with van der Waals surface area (Å²) in [5.74, 6) is 1.11. The molecule has 0 spiro atoms. The lowest BCUT2D eigenvalue weighted by Crippen LogP contribution is -2.27. The minimum Gasteiger partial charge on any atom is -0.460 e. The number of carbonyl (C=O) groups is 1. The first-order valence-electron chi connectivity index (χ1n) is 7.97. The van der Waals surface area contributed by atoms with Gasteiger partial charge in [-0.1, -0.05) is 30.3 Å². The summed E-state index contributed by atoms with van der Waals surface area (Å²) in [6.07, 6.45) is 1.35. The van der Waals surface area contributed by atoms with Crippen LogP contribution in [0, 0.1) is 0 Å². The molecule has 2 N–H and O–H groups in total. The minimum atomic E-state index is -3.39. The van der Waals surface area contributed by atoms with Gasteiger partial charge in [0.1, 0.15) is 17.2 Å². The molecule has 25 heavy (non-hydrogen) atoms. The Balaban J connectivity index is 1.51. The van der Waals surface area contributed by atoms with Crippen LogP contribution in [0.1, 0.15) is 29.9 Å². The zero-order valence-electron chi connectivity index (χ0n) is 13.6. The number of rotatable bonds is 7. The van der Waals surface area contributed by atoms with Gasteiger partial charge in [0.05, 0.1) is 5.75 Å². The zero-order chi connectivity index (χ0) is 17.7. The van der Waals surface area contributed by atoms with Crippen molar-refractivity contribution in [2.75, 3.05) is 6.54 Å². The molecule has 0 bridgehead atoms. The molecular formula is C17H19N3O4S. The summed E-state index contributed by atoms with van der Waals surface area (Å²) < 4.78 is 32.4. The lowest BCUT2D eigenvalue weighted by Gasteiger charge is -2.09. The third-order valence-electron chi connectivity index (χ3n) is 3.74. The van der Waals surface area contributed by atoms with Gasteiger partial charge in [0, 0.05) is 25.8 Å². The molecule has 7 nitrogen and oxygen atoms in total. The van der Waals surface area contributed by atoms with Gasteiger partial charge in [-0.3, -0.25) is 4.79 Å². The molecule has 0 atom stereocenters. The van der Waals surface area contributed by atoms with E-state index in [0.29, 0.717) is 36.5 Å². The molecule has 0 aliphatic carbocycles. The predicted molar refractivity (Wildman–Crippen MR) is 93.4 cm³/mol. The standard InChI is InChI=1S/C17H19N3O4S/c21-17-9-7-15(19-20-17)16-8-6-14(24-16)10-11-18-25(22,23)12-13-4-2-1-3-5-13/h1-6,8,18H,7,9-12H2,(H,20,21). The van der Waals surface area contributed by atoms with Gasteiger partial charge >= 0.3 is 0 Å². The first kappa shape index (κ1) is 17.4. The number of furan rings is 1. The number of nitrogens with zero attached hydrogens (tertiary/aromatic N) is 1. The average Bonchev–Trinajstić information content (AvgIpc) is 3.04. The molecule has 2 heterocycles. The molecule has 8 heteroatoms. The molecule has 0 fully saturated rings. The first-order chi connectivity index (χ1) is 12.0. The fraction of sp³-hybridized carbons (Fsp3) is 0.294. The molecule has 0 saturated heterocycles. The van der Waals surface area contributed by atoms with Crippen LogP contribution in [0.25, 0.3) is 0 Å². The number of nitrogens with one attached hydrogen (secondary N) is 2. The van der Waals surface area contributed by atoms with Gasteiger partial charge in [-0.15, -0.1) is 0 Å². The Bertz CT molecular complexity index is 872. The number of hydrogen-bond donors (Lipinski definition) is 2. The van der Waals surface area contributed by atoms with Crippen LogP contribution in [0.2, 0.25) is 0 Å². The quantitative estimate of drug-likeness (QED) is 0.781. The highest BCUT2D eigenvalue weighted by Crippen LogP contribution is 2.14. The van der Waals surface area contributed by atoms with Crippen LogP contribution in [-0.4, -0.2) is 26.6 Å². The number of sulfonamides is 1. The zero-order valence-corrected chi connectivity index (χ0v) is 14.4. The fourth-order valence-electron chi connectivity index (χ4n) is 2.49. The van der Waals surface area contributed by atoms with E-state index >= 15 is 0 Å². The first-order valence-corrected chi connectivity index (χ1v) is 9.63. The van der Waals surface area contributed by atoms with Gasteiger partial charge < -0.3 is 4.42 Å². The monoisotopic (exact) mass is 361 g/mol. The Morgan fingerprint density at radius 2 is 1.92 bits per heavy atom. The Labute approximate surface area is 146 Å². The minimum absolute atomic E-state index is 0.0479. The van der Waals surface area contributed by atoms with Crippen molar-refractivity contribution in [3.05, 3.63) is 59.5 Å². The summed E-state index contributed by atoms with van der Waals surface area (Å²) in [5.41, 5.74) is 3.86. The lowest BCUT2D eigenvalue weighted by atomic mass is 10.1. The maximum absolute atomic E-state index is 12.1. The third-order valence-corrected chi connectivity index (χ3v) is 5.10. The summed E-state index contributed by atoms with van der Waals surface area (Å²) in [7, 11) is -3.39. The van der Waals surface area contributed by atoms with Crippen molar-refractivity contribution in [1.82, 2.24) is 10.1 Å². The summed E-state index contributed by atoms with van der Waals surface area (Å²) in [6, 6.07) is 12.6. The van der Waals surface area contributed by atoms with Gasteiger partial charge in [0.15, 0.2) is 0 Å². The number of hydrazone groups is 1. The lowest BCUT2D eigenvalue weighted by molar-refractivity contribution is -0.121. The van der Waals surface area contributed by atoms with Gasteiger partial charge in [0.2, 0.25) is 15.9 Å². The molecule has 0 unspecified atom stereocenters. The van der Waals surface area contributed by atoms with Crippen LogP contribution < -0.4 is 10.1 Å². The smallest absolute Gasteiger partial charge is 0.240 e. The molecule has 0 radical (unpaired) electrons. The fourth-order valence-corrected chi connectivity index (χ4v) is 3.64. The van der Waals surface area contributed by atoms with Gasteiger partial charge in [-0.05, 0) is 17.7 Å². The van der Waals surface area contributed by atoms with Gasteiger partial charge in [-0.25, -0.2) is 18.6 Å². The van der Waals surface area contributed by atoms with Gasteiger partial charge in [-0.2, -0.15) is 5.10 Å². The van der Waals surface area contributed by atoms with E-state index in [-0.39, 0.29) is 18.2 Å². The second kappa shape index (κ2) is 7.62. The van der Waals surface area contributed by atoms with E-state index in [1.807, 2.05) is 18.2 Å². The van der Waals surface area contributed by atoms with E-state index in [4.69, 9.17) is 4.42 Å². The van der Waals surface area contributed by atoms with E-state index in [1.165, 1.54) is 0 Å². The molecular weight excluding hydrogens is 342 g/mol. The molecule has 1 aliphatic heterocycles. The van der Waals surface area contributed by atoms with Crippen molar-refractivity contribution in [1.29, 1.82) is 0 Å². The highest BCUT2D eigenvalue weighted by molar-refractivity contribution is 7.88. The average molecular weight is 361 g/mol. The van der Waals surface area contributed by atoms with Crippen molar-refractivity contribution in [3.8, 4) is 0 Å². The Morgan fingerprint density at radius 1 is 1.12 bits per heavy atom. The number of amides is 1. The molecule has 3 rings (SSSR count). The van der Waals surface area contributed by atoms with E-state index < -0.39 is 10.0 Å². The molecule has 1 aromatic heterocycles. The van der Waals surface area contributed by atoms with Crippen molar-refractivity contribution >= 4 is 21.6 Å². The Hall–Kier alpha value is -2.45. The molecule has 2 aromatic rings.